The molecule has 0 aliphatic carbocycles. The van der Waals surface area contributed by atoms with Crippen molar-refractivity contribution < 1.29 is 9.84 Å². The topological polar surface area (TPSA) is 29.5 Å². The summed E-state index contributed by atoms with van der Waals surface area (Å²) in [6.07, 6.45) is 0.335. The number of methoxy groups -OCH3 is 1. The first-order chi connectivity index (χ1) is 9.20. The number of hydrogen-bond donors (Lipinski definition) is 1. The van der Waals surface area contributed by atoms with E-state index < -0.39 is 6.10 Å². The Morgan fingerprint density at radius 2 is 1.84 bits per heavy atom. The van der Waals surface area contributed by atoms with Crippen LogP contribution in [0.1, 0.15) is 22.8 Å². The van der Waals surface area contributed by atoms with Crippen LogP contribution >= 0.6 is 22.6 Å². The normalized spacial score (nSPS) is 12.4. The van der Waals surface area contributed by atoms with Crippen molar-refractivity contribution in [2.75, 3.05) is 13.7 Å². The van der Waals surface area contributed by atoms with Gasteiger partial charge in [-0.05, 0) is 57.8 Å². The van der Waals surface area contributed by atoms with E-state index in [1.807, 2.05) is 48.5 Å². The van der Waals surface area contributed by atoms with Crippen molar-refractivity contribution >= 4 is 22.6 Å². The van der Waals surface area contributed by atoms with Crippen LogP contribution in [0.5, 0.6) is 0 Å². The van der Waals surface area contributed by atoms with Crippen LogP contribution in [0.4, 0.5) is 0 Å². The van der Waals surface area contributed by atoms with Gasteiger partial charge >= 0.3 is 0 Å². The van der Waals surface area contributed by atoms with E-state index in [4.69, 9.17) is 4.74 Å². The van der Waals surface area contributed by atoms with Gasteiger partial charge in [0.1, 0.15) is 6.10 Å². The number of halogens is 1. The number of ether oxygens (including phenoxy) is 1. The van der Waals surface area contributed by atoms with Crippen LogP contribution in [0.25, 0.3) is 0 Å². The summed E-state index contributed by atoms with van der Waals surface area (Å²) in [7, 11) is 1.70. The Labute approximate surface area is 127 Å². The molecule has 100 valence electrons. The second-order valence-corrected chi connectivity index (χ2v) is 5.69. The largest absolute Gasteiger partial charge is 0.384 e. The Bertz CT molecular complexity index is 523. The van der Waals surface area contributed by atoms with Gasteiger partial charge < -0.3 is 9.84 Å². The molecule has 0 aliphatic rings. The predicted molar refractivity (Wildman–Crippen MR) is 85.2 cm³/mol. The van der Waals surface area contributed by atoms with Crippen LogP contribution in [0, 0.1) is 3.57 Å². The fourth-order valence-corrected chi connectivity index (χ4v) is 2.52. The number of aliphatic hydroxyl groups is 1. The second kappa shape index (κ2) is 7.03. The monoisotopic (exact) mass is 368 g/mol. The van der Waals surface area contributed by atoms with Crippen molar-refractivity contribution in [3.8, 4) is 0 Å². The SMILES string of the molecule is COCCc1ccc(C(O)c2cccc(I)c2)cc1. The molecule has 0 amide bonds. The Hall–Kier alpha value is -0.910. The lowest BCUT2D eigenvalue weighted by Gasteiger charge is -2.12. The molecule has 2 aromatic rings. The van der Waals surface area contributed by atoms with Crippen molar-refractivity contribution in [1.82, 2.24) is 0 Å². The molecule has 1 unspecified atom stereocenters. The van der Waals surface area contributed by atoms with Gasteiger partial charge in [-0.1, -0.05) is 36.4 Å². The molecule has 0 heterocycles. The highest BCUT2D eigenvalue weighted by molar-refractivity contribution is 14.1. The number of aliphatic hydroxyl groups excluding tert-OH is 1. The Balaban J connectivity index is 2.13. The van der Waals surface area contributed by atoms with Crippen LogP contribution in [0.2, 0.25) is 0 Å². The minimum atomic E-state index is -0.564. The van der Waals surface area contributed by atoms with Crippen LogP contribution in [-0.4, -0.2) is 18.8 Å². The molecule has 1 N–H and O–H groups in total. The third-order valence-electron chi connectivity index (χ3n) is 3.05. The van der Waals surface area contributed by atoms with E-state index in [-0.39, 0.29) is 0 Å². The van der Waals surface area contributed by atoms with E-state index in [2.05, 4.69) is 22.6 Å². The van der Waals surface area contributed by atoms with E-state index in [1.165, 1.54) is 5.56 Å². The molecule has 0 saturated heterocycles. The lowest BCUT2D eigenvalue weighted by Crippen LogP contribution is -2.01. The van der Waals surface area contributed by atoms with Gasteiger partial charge in [-0.3, -0.25) is 0 Å². The molecule has 2 rings (SSSR count). The van der Waals surface area contributed by atoms with Gasteiger partial charge in [-0.2, -0.15) is 0 Å². The molecule has 0 aliphatic heterocycles. The average molecular weight is 368 g/mol. The van der Waals surface area contributed by atoms with E-state index in [1.54, 1.807) is 7.11 Å². The summed E-state index contributed by atoms with van der Waals surface area (Å²) < 4.78 is 6.19. The Morgan fingerprint density at radius 1 is 1.11 bits per heavy atom. The fourth-order valence-electron chi connectivity index (χ4n) is 1.96. The van der Waals surface area contributed by atoms with E-state index in [0.29, 0.717) is 0 Å². The third-order valence-corrected chi connectivity index (χ3v) is 3.73. The highest BCUT2D eigenvalue weighted by Gasteiger charge is 2.10. The van der Waals surface area contributed by atoms with Gasteiger partial charge in [0.25, 0.3) is 0 Å². The molecule has 2 aromatic carbocycles. The second-order valence-electron chi connectivity index (χ2n) is 4.44. The lowest BCUT2D eigenvalue weighted by atomic mass is 10.00. The van der Waals surface area contributed by atoms with E-state index in [0.717, 1.165) is 27.7 Å². The predicted octanol–water partition coefficient (Wildman–Crippen LogP) is 3.56. The summed E-state index contributed by atoms with van der Waals surface area (Å²) in [6, 6.07) is 16.0. The molecule has 1 atom stereocenters. The third kappa shape index (κ3) is 4.03. The van der Waals surface area contributed by atoms with Gasteiger partial charge in [0, 0.05) is 10.7 Å². The average Bonchev–Trinajstić information content (AvgIpc) is 2.45. The zero-order valence-corrected chi connectivity index (χ0v) is 13.0. The zero-order valence-electron chi connectivity index (χ0n) is 10.8. The van der Waals surface area contributed by atoms with Crippen LogP contribution in [0.15, 0.2) is 48.5 Å². The number of rotatable bonds is 5. The molecular formula is C16H17IO2. The lowest BCUT2D eigenvalue weighted by molar-refractivity contribution is 0.202. The molecule has 0 bridgehead atoms. The molecule has 0 saturated carbocycles. The summed E-state index contributed by atoms with van der Waals surface area (Å²) in [4.78, 5) is 0. The molecule has 0 radical (unpaired) electrons. The highest BCUT2D eigenvalue weighted by Crippen LogP contribution is 2.23. The molecule has 3 heteroatoms. The summed E-state index contributed by atoms with van der Waals surface area (Å²) in [5.41, 5.74) is 3.07. The van der Waals surface area contributed by atoms with Crippen molar-refractivity contribution in [2.24, 2.45) is 0 Å². The smallest absolute Gasteiger partial charge is 0.104 e. The van der Waals surface area contributed by atoms with E-state index in [9.17, 15) is 5.11 Å². The molecular weight excluding hydrogens is 351 g/mol. The fraction of sp³-hybridized carbons (Fsp3) is 0.250. The first-order valence-corrected chi connectivity index (χ1v) is 7.30. The standard InChI is InChI=1S/C16H17IO2/c1-19-10-9-12-5-7-13(8-6-12)16(18)14-3-2-4-15(17)11-14/h2-8,11,16,18H,9-10H2,1H3. The number of benzene rings is 2. The van der Waals surface area contributed by atoms with Crippen molar-refractivity contribution in [3.05, 3.63) is 68.8 Å². The zero-order chi connectivity index (χ0) is 13.7. The van der Waals surface area contributed by atoms with Crippen molar-refractivity contribution in [3.63, 3.8) is 0 Å². The molecule has 0 fully saturated rings. The maximum atomic E-state index is 10.4. The minimum Gasteiger partial charge on any atom is -0.384 e. The first kappa shape index (κ1) is 14.5. The molecule has 0 spiro atoms. The van der Waals surface area contributed by atoms with Crippen molar-refractivity contribution in [1.29, 1.82) is 0 Å². The molecule has 2 nitrogen and oxygen atoms in total. The van der Waals surface area contributed by atoms with Gasteiger partial charge in [0.2, 0.25) is 0 Å². The Morgan fingerprint density at radius 3 is 2.47 bits per heavy atom. The summed E-state index contributed by atoms with van der Waals surface area (Å²) in [5.74, 6) is 0. The van der Waals surface area contributed by atoms with Gasteiger partial charge in [0.05, 0.1) is 6.61 Å². The van der Waals surface area contributed by atoms with Gasteiger partial charge in [0.15, 0.2) is 0 Å². The first-order valence-electron chi connectivity index (χ1n) is 6.22. The van der Waals surface area contributed by atoms with Crippen molar-refractivity contribution in [2.45, 2.75) is 12.5 Å². The minimum absolute atomic E-state index is 0.564. The quantitative estimate of drug-likeness (QED) is 0.818. The van der Waals surface area contributed by atoms with Crippen LogP contribution < -0.4 is 0 Å². The number of hydrogen-bond acceptors (Lipinski definition) is 2. The molecule has 0 aromatic heterocycles. The maximum Gasteiger partial charge on any atom is 0.104 e. The Kier molecular flexibility index (Phi) is 5.36. The highest BCUT2D eigenvalue weighted by atomic mass is 127. The van der Waals surface area contributed by atoms with Crippen LogP contribution in [0.3, 0.4) is 0 Å². The molecule has 19 heavy (non-hydrogen) atoms. The maximum absolute atomic E-state index is 10.4. The van der Waals surface area contributed by atoms with Crippen LogP contribution in [-0.2, 0) is 11.2 Å². The van der Waals surface area contributed by atoms with Gasteiger partial charge in [-0.25, -0.2) is 0 Å². The summed E-state index contributed by atoms with van der Waals surface area (Å²) >= 11 is 2.25. The van der Waals surface area contributed by atoms with E-state index >= 15 is 0 Å². The summed E-state index contributed by atoms with van der Waals surface area (Å²) in [5, 5.41) is 10.4. The van der Waals surface area contributed by atoms with Gasteiger partial charge in [-0.15, -0.1) is 0 Å². The summed E-state index contributed by atoms with van der Waals surface area (Å²) in [6.45, 7) is 0.721.